The Balaban J connectivity index is 1.16. The molecule has 0 aromatic carbocycles. The molecule has 0 bridgehead atoms. The molecule has 1 aliphatic rings. The van der Waals surface area contributed by atoms with E-state index in [0.717, 1.165) is 35.4 Å². The van der Waals surface area contributed by atoms with Gasteiger partial charge in [0.25, 0.3) is 5.91 Å². The number of halogens is 1. The van der Waals surface area contributed by atoms with Gasteiger partial charge in [-0.3, -0.25) is 9.48 Å². The molecular formula is C26H26ClN7O. The predicted molar refractivity (Wildman–Crippen MR) is 134 cm³/mol. The van der Waals surface area contributed by atoms with Crippen molar-refractivity contribution in [3.8, 4) is 0 Å². The summed E-state index contributed by atoms with van der Waals surface area (Å²) < 4.78 is 5.79. The van der Waals surface area contributed by atoms with Gasteiger partial charge in [0.15, 0.2) is 0 Å². The monoisotopic (exact) mass is 487 g/mol. The van der Waals surface area contributed by atoms with E-state index in [4.69, 9.17) is 16.6 Å². The summed E-state index contributed by atoms with van der Waals surface area (Å²) in [6, 6.07) is 5.97. The third-order valence-electron chi connectivity index (χ3n) is 6.48. The van der Waals surface area contributed by atoms with Crippen molar-refractivity contribution in [3.05, 3.63) is 88.6 Å². The van der Waals surface area contributed by atoms with Crippen LogP contribution in [0, 0.1) is 0 Å². The van der Waals surface area contributed by atoms with E-state index in [1.54, 1.807) is 29.5 Å². The number of rotatable bonds is 8. The second kappa shape index (κ2) is 8.85. The Labute approximate surface area is 207 Å². The Hall–Kier alpha value is -3.65. The van der Waals surface area contributed by atoms with Gasteiger partial charge in [0.05, 0.1) is 48.1 Å². The average Bonchev–Trinajstić information content (AvgIpc) is 3.26. The van der Waals surface area contributed by atoms with Crippen LogP contribution in [0.25, 0.3) is 11.2 Å². The van der Waals surface area contributed by atoms with Crippen molar-refractivity contribution < 1.29 is 4.79 Å². The van der Waals surface area contributed by atoms with Gasteiger partial charge in [0, 0.05) is 29.8 Å². The van der Waals surface area contributed by atoms with Crippen molar-refractivity contribution in [2.24, 2.45) is 0 Å². The second-order valence-electron chi connectivity index (χ2n) is 9.22. The lowest BCUT2D eigenvalue weighted by Gasteiger charge is -2.06. The van der Waals surface area contributed by atoms with E-state index in [1.807, 2.05) is 16.7 Å². The zero-order valence-electron chi connectivity index (χ0n) is 19.5. The minimum absolute atomic E-state index is 0.200. The predicted octanol–water partition coefficient (Wildman–Crippen LogP) is 4.64. The van der Waals surface area contributed by atoms with Crippen LogP contribution in [-0.4, -0.2) is 34.5 Å². The summed E-state index contributed by atoms with van der Waals surface area (Å²) in [5.41, 5.74) is 6.78. The van der Waals surface area contributed by atoms with Crippen LogP contribution in [0.5, 0.6) is 0 Å². The summed E-state index contributed by atoms with van der Waals surface area (Å²) in [7, 11) is 0. The van der Waals surface area contributed by atoms with Crippen LogP contribution in [-0.2, 0) is 19.5 Å². The average molecular weight is 488 g/mol. The van der Waals surface area contributed by atoms with Gasteiger partial charge in [-0.2, -0.15) is 5.10 Å². The highest BCUT2D eigenvalue weighted by molar-refractivity contribution is 6.30. The van der Waals surface area contributed by atoms with Crippen molar-refractivity contribution >= 4 is 28.7 Å². The molecule has 0 spiro atoms. The van der Waals surface area contributed by atoms with Gasteiger partial charge >= 0.3 is 0 Å². The van der Waals surface area contributed by atoms with E-state index in [0.29, 0.717) is 29.6 Å². The fraction of sp³-hybridized carbons (Fsp3) is 0.308. The summed E-state index contributed by atoms with van der Waals surface area (Å²) in [5, 5.41) is 7.95. The van der Waals surface area contributed by atoms with Crippen molar-refractivity contribution in [3.63, 3.8) is 0 Å². The zero-order chi connectivity index (χ0) is 23.9. The molecule has 9 heteroatoms. The maximum Gasteiger partial charge on any atom is 0.254 e. The minimum Gasteiger partial charge on any atom is -0.346 e. The van der Waals surface area contributed by atoms with Gasteiger partial charge in [0.2, 0.25) is 0 Å². The smallest absolute Gasteiger partial charge is 0.254 e. The standard InChI is InChI=1S/C26H26ClN7O/c1-2-3-18-8-19(17-4-5-17)12-33-14-22(31-25(18)33)15-34-13-20(10-30-34)26(35)28-11-23-24-9-21(27)6-7-32(24)16-29-23/h6-10,12-14,16-17H,2-5,11,15H2,1H3,(H,28,35). The normalized spacial score (nSPS) is 13.7. The van der Waals surface area contributed by atoms with Crippen LogP contribution in [0.3, 0.4) is 0 Å². The molecule has 1 aliphatic carbocycles. The van der Waals surface area contributed by atoms with E-state index in [1.165, 1.54) is 24.0 Å². The quantitative estimate of drug-likeness (QED) is 0.345. The van der Waals surface area contributed by atoms with E-state index in [-0.39, 0.29) is 5.91 Å². The highest BCUT2D eigenvalue weighted by Crippen LogP contribution is 2.40. The summed E-state index contributed by atoms with van der Waals surface area (Å²) >= 11 is 6.10. The highest BCUT2D eigenvalue weighted by atomic mass is 35.5. The number of hydrogen-bond acceptors (Lipinski definition) is 4. The number of pyridine rings is 2. The first-order valence-corrected chi connectivity index (χ1v) is 12.4. The first-order chi connectivity index (χ1) is 17.1. The van der Waals surface area contributed by atoms with Crippen LogP contribution < -0.4 is 5.32 Å². The first kappa shape index (κ1) is 21.9. The lowest BCUT2D eigenvalue weighted by atomic mass is 10.1. The van der Waals surface area contributed by atoms with E-state index < -0.39 is 0 Å². The number of carbonyl (C=O) groups excluding carboxylic acids is 1. The summed E-state index contributed by atoms with van der Waals surface area (Å²) in [4.78, 5) is 22.0. The number of aromatic nitrogens is 6. The fourth-order valence-corrected chi connectivity index (χ4v) is 4.72. The Morgan fingerprint density at radius 2 is 2.09 bits per heavy atom. The first-order valence-electron chi connectivity index (χ1n) is 12.0. The van der Waals surface area contributed by atoms with E-state index in [2.05, 4.69) is 45.2 Å². The SMILES string of the molecule is CCCc1cc(C2CC2)cn2cc(Cn3cc(C(=O)NCc4ncn5ccc(Cl)cc45)cn3)nc12. The summed E-state index contributed by atoms with van der Waals surface area (Å²) in [6.45, 7) is 3.01. The summed E-state index contributed by atoms with van der Waals surface area (Å²) in [5.74, 6) is 0.499. The fourth-order valence-electron chi connectivity index (χ4n) is 4.57. The third-order valence-corrected chi connectivity index (χ3v) is 6.72. The van der Waals surface area contributed by atoms with Crippen LogP contribution in [0.1, 0.15) is 65.0 Å². The molecule has 5 heterocycles. The number of imidazole rings is 2. The van der Waals surface area contributed by atoms with Crippen molar-refractivity contribution in [2.75, 3.05) is 0 Å². The molecule has 0 radical (unpaired) electrons. The lowest BCUT2D eigenvalue weighted by molar-refractivity contribution is 0.0950. The highest BCUT2D eigenvalue weighted by Gasteiger charge is 2.25. The molecular weight excluding hydrogens is 462 g/mol. The van der Waals surface area contributed by atoms with Crippen molar-refractivity contribution in [1.82, 2.24) is 33.9 Å². The van der Waals surface area contributed by atoms with Crippen molar-refractivity contribution in [1.29, 1.82) is 0 Å². The Bertz CT molecular complexity index is 1540. The van der Waals surface area contributed by atoms with E-state index in [9.17, 15) is 4.79 Å². The van der Waals surface area contributed by atoms with Gasteiger partial charge < -0.3 is 14.1 Å². The molecule has 0 atom stereocenters. The third kappa shape index (κ3) is 4.41. The number of amides is 1. The molecule has 1 saturated carbocycles. The molecule has 178 valence electrons. The Kier molecular flexibility index (Phi) is 5.53. The number of hydrogen-bond donors (Lipinski definition) is 1. The maximum atomic E-state index is 12.7. The van der Waals surface area contributed by atoms with Crippen LogP contribution in [0.2, 0.25) is 5.02 Å². The molecule has 8 nitrogen and oxygen atoms in total. The van der Waals surface area contributed by atoms with Crippen LogP contribution in [0.4, 0.5) is 0 Å². The van der Waals surface area contributed by atoms with Gasteiger partial charge in [-0.25, -0.2) is 9.97 Å². The van der Waals surface area contributed by atoms with Gasteiger partial charge in [-0.15, -0.1) is 0 Å². The molecule has 1 fully saturated rings. The molecule has 5 aromatic heterocycles. The Morgan fingerprint density at radius 3 is 2.91 bits per heavy atom. The van der Waals surface area contributed by atoms with Crippen LogP contribution in [0.15, 0.2) is 55.5 Å². The largest absolute Gasteiger partial charge is 0.346 e. The molecule has 0 saturated heterocycles. The van der Waals surface area contributed by atoms with Gasteiger partial charge in [-0.1, -0.05) is 31.0 Å². The molecule has 1 amide bonds. The topological polar surface area (TPSA) is 81.5 Å². The minimum atomic E-state index is -0.200. The van der Waals surface area contributed by atoms with Crippen LogP contribution >= 0.6 is 11.6 Å². The van der Waals surface area contributed by atoms with Gasteiger partial charge in [-0.05, 0) is 48.4 Å². The number of nitrogens with zero attached hydrogens (tertiary/aromatic N) is 6. The Morgan fingerprint density at radius 1 is 1.20 bits per heavy atom. The number of aryl methyl sites for hydroxylation is 1. The molecule has 1 N–H and O–H groups in total. The second-order valence-corrected chi connectivity index (χ2v) is 9.66. The van der Waals surface area contributed by atoms with E-state index >= 15 is 0 Å². The van der Waals surface area contributed by atoms with Crippen molar-refractivity contribution in [2.45, 2.75) is 51.6 Å². The number of fused-ring (bicyclic) bond motifs is 2. The van der Waals surface area contributed by atoms with Gasteiger partial charge in [0.1, 0.15) is 5.65 Å². The molecule has 0 aliphatic heterocycles. The molecule has 6 rings (SSSR count). The molecule has 5 aromatic rings. The molecule has 0 unspecified atom stereocenters. The number of nitrogens with one attached hydrogen (secondary N) is 1. The zero-order valence-corrected chi connectivity index (χ0v) is 20.2. The number of carbonyl (C=O) groups is 1. The molecule has 35 heavy (non-hydrogen) atoms. The summed E-state index contributed by atoms with van der Waals surface area (Å²) in [6.07, 6.45) is 15.9. The lowest BCUT2D eigenvalue weighted by Crippen LogP contribution is -2.22. The maximum absolute atomic E-state index is 12.7.